The standard InChI is InChI=1S/C12H13N3/c1-8-3-5-10(6-4-8)11-7-14-9(2)15-12(11)13/h3-7H,1-2H3,(H2,13,14,15). The lowest BCUT2D eigenvalue weighted by Gasteiger charge is -2.05. The lowest BCUT2D eigenvalue weighted by molar-refractivity contribution is 1.06. The van der Waals surface area contributed by atoms with Crippen molar-refractivity contribution in [3.63, 3.8) is 0 Å². The van der Waals surface area contributed by atoms with E-state index in [-0.39, 0.29) is 0 Å². The Hall–Kier alpha value is -1.90. The van der Waals surface area contributed by atoms with Crippen LogP contribution in [0.1, 0.15) is 11.4 Å². The third-order valence-corrected chi connectivity index (χ3v) is 2.30. The molecule has 0 fully saturated rings. The van der Waals surface area contributed by atoms with E-state index in [1.54, 1.807) is 6.20 Å². The van der Waals surface area contributed by atoms with E-state index in [0.717, 1.165) is 11.1 Å². The van der Waals surface area contributed by atoms with Crippen LogP contribution in [-0.4, -0.2) is 9.97 Å². The van der Waals surface area contributed by atoms with Crippen molar-refractivity contribution in [2.75, 3.05) is 5.73 Å². The Morgan fingerprint density at radius 1 is 1.07 bits per heavy atom. The Kier molecular flexibility index (Phi) is 2.37. The summed E-state index contributed by atoms with van der Waals surface area (Å²) in [6.45, 7) is 3.88. The summed E-state index contributed by atoms with van der Waals surface area (Å²) in [4.78, 5) is 8.29. The van der Waals surface area contributed by atoms with E-state index in [2.05, 4.69) is 29.0 Å². The van der Waals surface area contributed by atoms with Crippen LogP contribution in [-0.2, 0) is 0 Å². The van der Waals surface area contributed by atoms with Crippen LogP contribution in [0.15, 0.2) is 30.5 Å². The summed E-state index contributed by atoms with van der Waals surface area (Å²) in [7, 11) is 0. The summed E-state index contributed by atoms with van der Waals surface area (Å²) in [6, 6.07) is 8.16. The van der Waals surface area contributed by atoms with Crippen LogP contribution in [0.2, 0.25) is 0 Å². The molecular formula is C12H13N3. The number of aromatic nitrogens is 2. The third-order valence-electron chi connectivity index (χ3n) is 2.30. The molecule has 1 aromatic carbocycles. The second-order valence-corrected chi connectivity index (χ2v) is 3.58. The molecule has 0 amide bonds. The SMILES string of the molecule is Cc1ccc(-c2cnc(C)nc2N)cc1. The lowest BCUT2D eigenvalue weighted by Crippen LogP contribution is -1.98. The summed E-state index contributed by atoms with van der Waals surface area (Å²) >= 11 is 0. The summed E-state index contributed by atoms with van der Waals surface area (Å²) in [6.07, 6.45) is 1.77. The first-order chi connectivity index (χ1) is 7.16. The van der Waals surface area contributed by atoms with E-state index >= 15 is 0 Å². The Morgan fingerprint density at radius 2 is 1.73 bits per heavy atom. The molecule has 2 rings (SSSR count). The number of rotatable bonds is 1. The summed E-state index contributed by atoms with van der Waals surface area (Å²) in [5, 5.41) is 0. The molecule has 0 aliphatic heterocycles. The molecule has 0 spiro atoms. The largest absolute Gasteiger partial charge is 0.383 e. The van der Waals surface area contributed by atoms with Gasteiger partial charge in [0.25, 0.3) is 0 Å². The number of hydrogen-bond acceptors (Lipinski definition) is 3. The van der Waals surface area contributed by atoms with Gasteiger partial charge >= 0.3 is 0 Å². The molecule has 0 aliphatic rings. The number of nitrogens with two attached hydrogens (primary N) is 1. The molecule has 0 radical (unpaired) electrons. The lowest BCUT2D eigenvalue weighted by atomic mass is 10.1. The molecule has 0 unspecified atom stereocenters. The highest BCUT2D eigenvalue weighted by Gasteiger charge is 2.04. The highest BCUT2D eigenvalue weighted by molar-refractivity contribution is 5.72. The monoisotopic (exact) mass is 199 g/mol. The van der Waals surface area contributed by atoms with Gasteiger partial charge in [-0.3, -0.25) is 0 Å². The van der Waals surface area contributed by atoms with Gasteiger partial charge in [0.2, 0.25) is 0 Å². The fourth-order valence-corrected chi connectivity index (χ4v) is 1.44. The predicted molar refractivity (Wildman–Crippen MR) is 61.4 cm³/mol. The minimum atomic E-state index is 0.534. The Labute approximate surface area is 89.0 Å². The van der Waals surface area contributed by atoms with Crippen molar-refractivity contribution in [2.45, 2.75) is 13.8 Å². The zero-order valence-electron chi connectivity index (χ0n) is 8.86. The van der Waals surface area contributed by atoms with Crippen LogP contribution in [0, 0.1) is 13.8 Å². The zero-order valence-corrected chi connectivity index (χ0v) is 8.86. The van der Waals surface area contributed by atoms with E-state index in [1.165, 1.54) is 5.56 Å². The van der Waals surface area contributed by atoms with Crippen LogP contribution < -0.4 is 5.73 Å². The molecule has 0 saturated carbocycles. The van der Waals surface area contributed by atoms with Crippen molar-refractivity contribution in [3.8, 4) is 11.1 Å². The van der Waals surface area contributed by atoms with Crippen LogP contribution >= 0.6 is 0 Å². The summed E-state index contributed by atoms with van der Waals surface area (Å²) in [5.41, 5.74) is 9.01. The first kappa shape index (κ1) is 9.65. The van der Waals surface area contributed by atoms with Crippen molar-refractivity contribution in [3.05, 3.63) is 41.9 Å². The summed E-state index contributed by atoms with van der Waals surface area (Å²) < 4.78 is 0. The van der Waals surface area contributed by atoms with Crippen LogP contribution in [0.4, 0.5) is 5.82 Å². The number of nitrogens with zero attached hydrogens (tertiary/aromatic N) is 2. The predicted octanol–water partition coefficient (Wildman–Crippen LogP) is 2.34. The van der Waals surface area contributed by atoms with Gasteiger partial charge in [0.05, 0.1) is 0 Å². The molecule has 0 saturated heterocycles. The van der Waals surface area contributed by atoms with Gasteiger partial charge in [-0.25, -0.2) is 9.97 Å². The van der Waals surface area contributed by atoms with Crippen LogP contribution in [0.25, 0.3) is 11.1 Å². The van der Waals surface area contributed by atoms with Gasteiger partial charge < -0.3 is 5.73 Å². The highest BCUT2D eigenvalue weighted by atomic mass is 14.9. The maximum atomic E-state index is 5.84. The van der Waals surface area contributed by atoms with Crippen LogP contribution in [0.5, 0.6) is 0 Å². The van der Waals surface area contributed by atoms with E-state index in [0.29, 0.717) is 11.6 Å². The second-order valence-electron chi connectivity index (χ2n) is 3.58. The van der Waals surface area contributed by atoms with E-state index < -0.39 is 0 Å². The van der Waals surface area contributed by atoms with Gasteiger partial charge in [-0.15, -0.1) is 0 Å². The quantitative estimate of drug-likeness (QED) is 0.767. The van der Waals surface area contributed by atoms with E-state index in [1.807, 2.05) is 19.1 Å². The Balaban J connectivity index is 2.49. The second kappa shape index (κ2) is 3.69. The van der Waals surface area contributed by atoms with E-state index in [4.69, 9.17) is 5.73 Å². The smallest absolute Gasteiger partial charge is 0.135 e. The molecule has 2 N–H and O–H groups in total. The molecule has 3 nitrogen and oxygen atoms in total. The third kappa shape index (κ3) is 1.96. The average molecular weight is 199 g/mol. The maximum Gasteiger partial charge on any atom is 0.135 e. The number of hydrogen-bond donors (Lipinski definition) is 1. The molecular weight excluding hydrogens is 186 g/mol. The van der Waals surface area contributed by atoms with Gasteiger partial charge in [0.1, 0.15) is 11.6 Å². The van der Waals surface area contributed by atoms with E-state index in [9.17, 15) is 0 Å². The topological polar surface area (TPSA) is 51.8 Å². The van der Waals surface area contributed by atoms with Crippen molar-refractivity contribution in [1.82, 2.24) is 9.97 Å². The average Bonchev–Trinajstić information content (AvgIpc) is 2.20. The number of anilines is 1. The van der Waals surface area contributed by atoms with Gasteiger partial charge in [0.15, 0.2) is 0 Å². The van der Waals surface area contributed by atoms with Crippen molar-refractivity contribution >= 4 is 5.82 Å². The van der Waals surface area contributed by atoms with Gasteiger partial charge in [-0.05, 0) is 19.4 Å². The fourth-order valence-electron chi connectivity index (χ4n) is 1.44. The highest BCUT2D eigenvalue weighted by Crippen LogP contribution is 2.23. The number of aryl methyl sites for hydroxylation is 2. The molecule has 0 aliphatic carbocycles. The first-order valence-corrected chi connectivity index (χ1v) is 4.83. The van der Waals surface area contributed by atoms with Gasteiger partial charge in [-0.2, -0.15) is 0 Å². The molecule has 0 atom stereocenters. The Bertz CT molecular complexity index is 475. The molecule has 0 bridgehead atoms. The van der Waals surface area contributed by atoms with Crippen molar-refractivity contribution < 1.29 is 0 Å². The molecule has 1 aromatic heterocycles. The molecule has 15 heavy (non-hydrogen) atoms. The minimum absolute atomic E-state index is 0.534. The maximum absolute atomic E-state index is 5.84. The molecule has 3 heteroatoms. The summed E-state index contributed by atoms with van der Waals surface area (Å²) in [5.74, 6) is 1.23. The van der Waals surface area contributed by atoms with Gasteiger partial charge in [-0.1, -0.05) is 29.8 Å². The molecule has 76 valence electrons. The van der Waals surface area contributed by atoms with Crippen molar-refractivity contribution in [2.24, 2.45) is 0 Å². The first-order valence-electron chi connectivity index (χ1n) is 4.83. The normalized spacial score (nSPS) is 10.3. The molecule has 1 heterocycles. The number of nitrogen functional groups attached to an aromatic ring is 1. The van der Waals surface area contributed by atoms with Crippen LogP contribution in [0.3, 0.4) is 0 Å². The molecule has 2 aromatic rings. The van der Waals surface area contributed by atoms with Gasteiger partial charge in [0, 0.05) is 11.8 Å². The minimum Gasteiger partial charge on any atom is -0.383 e. The van der Waals surface area contributed by atoms with Crippen molar-refractivity contribution in [1.29, 1.82) is 0 Å². The zero-order chi connectivity index (χ0) is 10.8. The fraction of sp³-hybridized carbons (Fsp3) is 0.167. The number of benzene rings is 1. The Morgan fingerprint density at radius 3 is 2.33 bits per heavy atom.